The number of halogens is 2. The molecule has 5 nitrogen and oxygen atoms in total. The molecule has 2 rings (SSSR count). The van der Waals surface area contributed by atoms with E-state index in [0.29, 0.717) is 5.56 Å². The molecule has 0 radical (unpaired) electrons. The third-order valence-corrected chi connectivity index (χ3v) is 4.16. The fraction of sp³-hybridized carbons (Fsp3) is 0.0909. The van der Waals surface area contributed by atoms with Crippen LogP contribution in [0.25, 0.3) is 0 Å². The predicted octanol–water partition coefficient (Wildman–Crippen LogP) is 3.64. The molecule has 0 spiro atoms. The van der Waals surface area contributed by atoms with Crippen molar-refractivity contribution in [3.8, 4) is 0 Å². The summed E-state index contributed by atoms with van der Waals surface area (Å²) >= 11 is 12.5. The zero-order valence-corrected chi connectivity index (χ0v) is 11.9. The number of nitrogens with one attached hydrogen (secondary N) is 2. The van der Waals surface area contributed by atoms with Gasteiger partial charge in [-0.3, -0.25) is 4.79 Å². The second-order valence-corrected chi connectivity index (χ2v) is 5.39. The van der Waals surface area contributed by atoms with Gasteiger partial charge in [-0.05, 0) is 23.9 Å². The number of carbonyl (C=O) groups excluding carboxylic acids is 1. The standard InChI is InChI=1S/C11H8Cl2N2O3S/c1-4-3-19-8(11(17)18)7(4)15-10(16)6-2-5(12)9(13)14-6/h2-3,14H,1H3,(H,15,16)(H,17,18). The molecule has 0 aliphatic rings. The first-order valence-electron chi connectivity index (χ1n) is 5.07. The van der Waals surface area contributed by atoms with Gasteiger partial charge in [-0.15, -0.1) is 11.3 Å². The van der Waals surface area contributed by atoms with Gasteiger partial charge in [-0.25, -0.2) is 4.79 Å². The lowest BCUT2D eigenvalue weighted by Gasteiger charge is -2.04. The number of aromatic carboxylic acids is 1. The van der Waals surface area contributed by atoms with Crippen LogP contribution in [0.2, 0.25) is 10.2 Å². The van der Waals surface area contributed by atoms with E-state index in [0.717, 1.165) is 11.3 Å². The number of carboxylic acid groups (broad SMARTS) is 1. The highest BCUT2D eigenvalue weighted by molar-refractivity contribution is 7.12. The van der Waals surface area contributed by atoms with E-state index in [2.05, 4.69) is 10.3 Å². The molecule has 0 fully saturated rings. The fourth-order valence-corrected chi connectivity index (χ4v) is 2.62. The van der Waals surface area contributed by atoms with Gasteiger partial charge in [0.15, 0.2) is 0 Å². The molecule has 0 saturated carbocycles. The SMILES string of the molecule is Cc1csc(C(=O)O)c1NC(=O)c1cc(Cl)c(Cl)[nH]1. The van der Waals surface area contributed by atoms with Crippen LogP contribution in [0.3, 0.4) is 0 Å². The van der Waals surface area contributed by atoms with Crippen LogP contribution in [0.15, 0.2) is 11.4 Å². The van der Waals surface area contributed by atoms with E-state index < -0.39 is 11.9 Å². The van der Waals surface area contributed by atoms with Crippen LogP contribution in [0.4, 0.5) is 5.69 Å². The maximum atomic E-state index is 12.0. The van der Waals surface area contributed by atoms with Crippen molar-refractivity contribution in [2.24, 2.45) is 0 Å². The van der Waals surface area contributed by atoms with Gasteiger partial charge in [0.2, 0.25) is 0 Å². The highest BCUT2D eigenvalue weighted by atomic mass is 35.5. The minimum Gasteiger partial charge on any atom is -0.477 e. The highest BCUT2D eigenvalue weighted by Crippen LogP contribution is 2.29. The summed E-state index contributed by atoms with van der Waals surface area (Å²) in [6.07, 6.45) is 0. The molecule has 0 saturated heterocycles. The minimum atomic E-state index is -1.09. The Bertz CT molecular complexity index is 643. The summed E-state index contributed by atoms with van der Waals surface area (Å²) in [6, 6.07) is 1.38. The molecular formula is C11H8Cl2N2O3S. The number of hydrogen-bond donors (Lipinski definition) is 3. The number of amides is 1. The number of carboxylic acids is 1. The molecular weight excluding hydrogens is 311 g/mol. The summed E-state index contributed by atoms with van der Waals surface area (Å²) < 4.78 is 0. The first-order valence-corrected chi connectivity index (χ1v) is 6.70. The van der Waals surface area contributed by atoms with Crippen molar-refractivity contribution in [3.63, 3.8) is 0 Å². The minimum absolute atomic E-state index is 0.0783. The normalized spacial score (nSPS) is 10.5. The lowest BCUT2D eigenvalue weighted by atomic mass is 10.2. The van der Waals surface area contributed by atoms with Gasteiger partial charge in [0.05, 0.1) is 10.7 Å². The zero-order chi connectivity index (χ0) is 14.2. The van der Waals surface area contributed by atoms with Gasteiger partial charge in [0, 0.05) is 0 Å². The number of hydrogen-bond acceptors (Lipinski definition) is 3. The summed E-state index contributed by atoms with van der Waals surface area (Å²) in [7, 11) is 0. The van der Waals surface area contributed by atoms with E-state index in [1.807, 2.05) is 0 Å². The van der Waals surface area contributed by atoms with Crippen molar-refractivity contribution in [1.29, 1.82) is 0 Å². The molecule has 0 bridgehead atoms. The quantitative estimate of drug-likeness (QED) is 0.808. The number of rotatable bonds is 3. The summed E-state index contributed by atoms with van der Waals surface area (Å²) in [5.74, 6) is -1.59. The van der Waals surface area contributed by atoms with Gasteiger partial charge in [0.25, 0.3) is 5.91 Å². The number of aromatic nitrogens is 1. The number of anilines is 1. The van der Waals surface area contributed by atoms with Gasteiger partial charge in [-0.1, -0.05) is 23.2 Å². The van der Waals surface area contributed by atoms with Crippen molar-refractivity contribution in [2.45, 2.75) is 6.92 Å². The molecule has 0 aliphatic heterocycles. The Balaban J connectivity index is 2.29. The van der Waals surface area contributed by atoms with Crippen LogP contribution in [0, 0.1) is 6.92 Å². The molecule has 2 heterocycles. The Kier molecular flexibility index (Phi) is 3.84. The first kappa shape index (κ1) is 13.9. The van der Waals surface area contributed by atoms with E-state index >= 15 is 0 Å². The molecule has 2 aromatic heterocycles. The van der Waals surface area contributed by atoms with Crippen LogP contribution < -0.4 is 5.32 Å². The van der Waals surface area contributed by atoms with E-state index in [4.69, 9.17) is 28.3 Å². The number of aromatic amines is 1. The zero-order valence-electron chi connectivity index (χ0n) is 9.58. The van der Waals surface area contributed by atoms with Crippen molar-refractivity contribution in [1.82, 2.24) is 4.98 Å². The Morgan fingerprint density at radius 3 is 2.63 bits per heavy atom. The highest BCUT2D eigenvalue weighted by Gasteiger charge is 2.19. The molecule has 8 heteroatoms. The van der Waals surface area contributed by atoms with Crippen molar-refractivity contribution in [2.75, 3.05) is 5.32 Å². The molecule has 0 aliphatic carbocycles. The second kappa shape index (κ2) is 5.24. The fourth-order valence-electron chi connectivity index (χ4n) is 1.46. The summed E-state index contributed by atoms with van der Waals surface area (Å²) in [4.78, 5) is 25.7. The van der Waals surface area contributed by atoms with Crippen molar-refractivity contribution in [3.05, 3.63) is 37.8 Å². The summed E-state index contributed by atoms with van der Waals surface area (Å²) in [5.41, 5.74) is 1.13. The third kappa shape index (κ3) is 2.75. The molecule has 1 amide bonds. The van der Waals surface area contributed by atoms with E-state index in [9.17, 15) is 9.59 Å². The van der Waals surface area contributed by atoms with Crippen LogP contribution in [-0.2, 0) is 0 Å². The van der Waals surface area contributed by atoms with Crippen LogP contribution in [0.1, 0.15) is 25.7 Å². The smallest absolute Gasteiger partial charge is 0.348 e. The van der Waals surface area contributed by atoms with Gasteiger partial charge >= 0.3 is 5.97 Å². The largest absolute Gasteiger partial charge is 0.477 e. The van der Waals surface area contributed by atoms with Crippen LogP contribution >= 0.6 is 34.5 Å². The van der Waals surface area contributed by atoms with Gasteiger partial charge in [-0.2, -0.15) is 0 Å². The predicted molar refractivity (Wildman–Crippen MR) is 74.8 cm³/mol. The van der Waals surface area contributed by atoms with Crippen molar-refractivity contribution >= 4 is 52.1 Å². The first-order chi connectivity index (χ1) is 8.90. The summed E-state index contributed by atoms with van der Waals surface area (Å²) in [5, 5.41) is 13.6. The topological polar surface area (TPSA) is 82.2 Å². The monoisotopic (exact) mass is 318 g/mol. The van der Waals surface area contributed by atoms with E-state index in [-0.39, 0.29) is 26.4 Å². The van der Waals surface area contributed by atoms with E-state index in [1.165, 1.54) is 6.07 Å². The lowest BCUT2D eigenvalue weighted by Crippen LogP contribution is -2.14. The Morgan fingerprint density at radius 1 is 1.42 bits per heavy atom. The molecule has 0 atom stereocenters. The molecule has 2 aromatic rings. The third-order valence-electron chi connectivity index (χ3n) is 2.38. The molecule has 3 N–H and O–H groups in total. The van der Waals surface area contributed by atoms with Gasteiger partial charge < -0.3 is 15.4 Å². The Hall–Kier alpha value is -1.50. The molecule has 0 aromatic carbocycles. The van der Waals surface area contributed by atoms with Crippen molar-refractivity contribution < 1.29 is 14.7 Å². The maximum Gasteiger partial charge on any atom is 0.348 e. The Labute approximate surface area is 122 Å². The van der Waals surface area contributed by atoms with E-state index in [1.54, 1.807) is 12.3 Å². The lowest BCUT2D eigenvalue weighted by molar-refractivity contribution is 0.0703. The van der Waals surface area contributed by atoms with Crippen LogP contribution in [0.5, 0.6) is 0 Å². The summed E-state index contributed by atoms with van der Waals surface area (Å²) in [6.45, 7) is 1.72. The maximum absolute atomic E-state index is 12.0. The van der Waals surface area contributed by atoms with Crippen LogP contribution in [-0.4, -0.2) is 22.0 Å². The molecule has 100 valence electrons. The number of carbonyl (C=O) groups is 2. The molecule has 19 heavy (non-hydrogen) atoms. The average Bonchev–Trinajstić information content (AvgIpc) is 2.85. The number of thiophene rings is 1. The van der Waals surface area contributed by atoms with Gasteiger partial charge in [0.1, 0.15) is 15.7 Å². The number of H-pyrrole nitrogens is 1. The second-order valence-electron chi connectivity index (χ2n) is 3.73. The molecule has 0 unspecified atom stereocenters. The Morgan fingerprint density at radius 2 is 2.11 bits per heavy atom. The number of aryl methyl sites for hydroxylation is 1. The average molecular weight is 319 g/mol.